The normalized spacial score (nSPS) is 17.0. The Kier molecular flexibility index (Phi) is 3.63. The first-order valence-electron chi connectivity index (χ1n) is 7.05. The predicted molar refractivity (Wildman–Crippen MR) is 83.9 cm³/mol. The zero-order valence-corrected chi connectivity index (χ0v) is 12.1. The van der Waals surface area contributed by atoms with E-state index in [-0.39, 0.29) is 17.4 Å². The van der Waals surface area contributed by atoms with E-state index in [9.17, 15) is 14.6 Å². The highest BCUT2D eigenvalue weighted by molar-refractivity contribution is 6.03. The van der Waals surface area contributed by atoms with Crippen molar-refractivity contribution in [2.75, 3.05) is 0 Å². The van der Waals surface area contributed by atoms with Gasteiger partial charge in [-0.25, -0.2) is 0 Å². The summed E-state index contributed by atoms with van der Waals surface area (Å²) < 4.78 is 0. The standard InChI is InChI=1S/C17H14N2O3/c1-10-6-13-8-12(11-2-4-14(18-21)5-3-11)9-16(20)17(13)15(7-10)19-22/h2-7,12H,8-9H2,1H3. The molecule has 3 rings (SSSR count). The number of benzene rings is 2. The van der Waals surface area contributed by atoms with E-state index in [0.717, 1.165) is 16.7 Å². The quantitative estimate of drug-likeness (QED) is 0.769. The van der Waals surface area contributed by atoms with Crippen LogP contribution in [0.15, 0.2) is 46.8 Å². The van der Waals surface area contributed by atoms with Crippen LogP contribution in [0.25, 0.3) is 0 Å². The third-order valence-electron chi connectivity index (χ3n) is 4.09. The Labute approximate surface area is 127 Å². The number of fused-ring (bicyclic) bond motifs is 1. The maximum atomic E-state index is 12.4. The average molecular weight is 294 g/mol. The molecule has 0 saturated heterocycles. The highest BCUT2D eigenvalue weighted by atomic mass is 16.3. The molecule has 0 aliphatic heterocycles. The van der Waals surface area contributed by atoms with Crippen LogP contribution in [0.4, 0.5) is 11.4 Å². The van der Waals surface area contributed by atoms with Gasteiger partial charge >= 0.3 is 0 Å². The van der Waals surface area contributed by atoms with Gasteiger partial charge in [-0.15, -0.1) is 9.81 Å². The molecule has 5 nitrogen and oxygen atoms in total. The van der Waals surface area contributed by atoms with E-state index < -0.39 is 0 Å². The Morgan fingerprint density at radius 1 is 1.00 bits per heavy atom. The van der Waals surface area contributed by atoms with Crippen molar-refractivity contribution in [2.24, 2.45) is 10.4 Å². The number of carbonyl (C=O) groups excluding carboxylic acids is 1. The lowest BCUT2D eigenvalue weighted by molar-refractivity contribution is 0.0965. The number of carbonyl (C=O) groups is 1. The SMILES string of the molecule is Cc1cc2c(c(N=O)c1)C(=O)CC(c1ccc(N=O)cc1)C2. The molecule has 5 heteroatoms. The fraction of sp³-hybridized carbons (Fsp3) is 0.235. The molecule has 0 amide bonds. The van der Waals surface area contributed by atoms with Gasteiger partial charge in [0.05, 0.1) is 5.56 Å². The molecule has 0 heterocycles. The van der Waals surface area contributed by atoms with E-state index >= 15 is 0 Å². The average Bonchev–Trinajstić information content (AvgIpc) is 2.53. The monoisotopic (exact) mass is 294 g/mol. The van der Waals surface area contributed by atoms with Crippen LogP contribution in [-0.2, 0) is 6.42 Å². The summed E-state index contributed by atoms with van der Waals surface area (Å²) in [6.07, 6.45) is 1.02. The van der Waals surface area contributed by atoms with Gasteiger partial charge in [0, 0.05) is 6.42 Å². The molecule has 0 fully saturated rings. The smallest absolute Gasteiger partial charge is 0.166 e. The van der Waals surface area contributed by atoms with Crippen molar-refractivity contribution >= 4 is 17.2 Å². The highest BCUT2D eigenvalue weighted by Gasteiger charge is 2.29. The fourth-order valence-electron chi connectivity index (χ4n) is 3.10. The second-order valence-electron chi connectivity index (χ2n) is 5.62. The Bertz CT molecular complexity index is 766. The minimum Gasteiger partial charge on any atom is -0.294 e. The van der Waals surface area contributed by atoms with Crippen molar-refractivity contribution in [3.63, 3.8) is 0 Å². The lowest BCUT2D eigenvalue weighted by atomic mass is 9.78. The minimum atomic E-state index is -0.0570. The van der Waals surface area contributed by atoms with Crippen LogP contribution in [0.2, 0.25) is 0 Å². The number of aryl methyl sites for hydroxylation is 1. The number of hydrogen-bond donors (Lipinski definition) is 0. The molecule has 110 valence electrons. The minimum absolute atomic E-state index is 0.0435. The molecule has 1 unspecified atom stereocenters. The van der Waals surface area contributed by atoms with E-state index in [1.54, 1.807) is 18.2 Å². The molecular weight excluding hydrogens is 280 g/mol. The maximum absolute atomic E-state index is 12.4. The summed E-state index contributed by atoms with van der Waals surface area (Å²) in [7, 11) is 0. The van der Waals surface area contributed by atoms with Crippen molar-refractivity contribution in [1.29, 1.82) is 0 Å². The van der Waals surface area contributed by atoms with Crippen molar-refractivity contribution in [3.8, 4) is 0 Å². The summed E-state index contributed by atoms with van der Waals surface area (Å²) in [6, 6.07) is 10.5. The summed E-state index contributed by atoms with van der Waals surface area (Å²) in [5, 5.41) is 5.88. The molecule has 0 saturated carbocycles. The molecule has 0 bridgehead atoms. The lowest BCUT2D eigenvalue weighted by Crippen LogP contribution is -2.19. The number of ketones is 1. The Morgan fingerprint density at radius 2 is 1.73 bits per heavy atom. The van der Waals surface area contributed by atoms with Crippen LogP contribution in [0, 0.1) is 16.7 Å². The molecule has 2 aromatic rings. The van der Waals surface area contributed by atoms with Crippen LogP contribution < -0.4 is 0 Å². The zero-order chi connectivity index (χ0) is 15.7. The second kappa shape index (κ2) is 5.60. The molecule has 1 aliphatic rings. The molecule has 0 aromatic heterocycles. The van der Waals surface area contributed by atoms with Crippen LogP contribution in [0.5, 0.6) is 0 Å². The first kappa shape index (κ1) is 14.3. The Hall–Kier alpha value is -2.69. The van der Waals surface area contributed by atoms with E-state index in [1.807, 2.05) is 25.1 Å². The summed E-state index contributed by atoms with van der Waals surface area (Å²) in [5.41, 5.74) is 3.85. The van der Waals surface area contributed by atoms with Crippen molar-refractivity contribution in [1.82, 2.24) is 0 Å². The number of nitroso groups, excluding NO2 is 2. The first-order chi connectivity index (χ1) is 10.6. The number of Topliss-reactive ketones (excluding diaryl/α,β-unsaturated/α-hetero) is 1. The molecule has 0 N–H and O–H groups in total. The van der Waals surface area contributed by atoms with Crippen molar-refractivity contribution in [2.45, 2.75) is 25.7 Å². The topological polar surface area (TPSA) is 75.9 Å². The maximum Gasteiger partial charge on any atom is 0.166 e. The molecule has 0 spiro atoms. The van der Waals surface area contributed by atoms with Crippen LogP contribution >= 0.6 is 0 Å². The van der Waals surface area contributed by atoms with Gasteiger partial charge in [0.2, 0.25) is 0 Å². The van der Waals surface area contributed by atoms with Gasteiger partial charge in [0.15, 0.2) is 5.78 Å². The van der Waals surface area contributed by atoms with Crippen molar-refractivity contribution in [3.05, 3.63) is 68.5 Å². The van der Waals surface area contributed by atoms with Gasteiger partial charge in [0.1, 0.15) is 11.4 Å². The largest absolute Gasteiger partial charge is 0.294 e. The first-order valence-corrected chi connectivity index (χ1v) is 7.05. The van der Waals surface area contributed by atoms with Gasteiger partial charge in [0.25, 0.3) is 0 Å². The third-order valence-corrected chi connectivity index (χ3v) is 4.09. The highest BCUT2D eigenvalue weighted by Crippen LogP contribution is 2.38. The fourth-order valence-corrected chi connectivity index (χ4v) is 3.10. The number of rotatable bonds is 3. The third kappa shape index (κ3) is 2.45. The molecule has 0 radical (unpaired) electrons. The summed E-state index contributed by atoms with van der Waals surface area (Å²) in [5.74, 6) is -0.0135. The van der Waals surface area contributed by atoms with Crippen LogP contribution in [-0.4, -0.2) is 5.78 Å². The summed E-state index contributed by atoms with van der Waals surface area (Å²) >= 11 is 0. The Balaban J connectivity index is 1.99. The zero-order valence-electron chi connectivity index (χ0n) is 12.1. The molecular formula is C17H14N2O3. The summed E-state index contributed by atoms with van der Waals surface area (Å²) in [6.45, 7) is 1.88. The molecule has 2 aromatic carbocycles. The van der Waals surface area contributed by atoms with Crippen molar-refractivity contribution < 1.29 is 4.79 Å². The Morgan fingerprint density at radius 3 is 2.36 bits per heavy atom. The lowest BCUT2D eigenvalue weighted by Gasteiger charge is -2.25. The van der Waals surface area contributed by atoms with Crippen LogP contribution in [0.1, 0.15) is 39.4 Å². The van der Waals surface area contributed by atoms with E-state index in [1.165, 1.54) is 0 Å². The second-order valence-corrected chi connectivity index (χ2v) is 5.62. The molecule has 1 aliphatic carbocycles. The molecule has 22 heavy (non-hydrogen) atoms. The summed E-state index contributed by atoms with van der Waals surface area (Å²) in [4.78, 5) is 33.8. The van der Waals surface area contributed by atoms with Gasteiger partial charge in [-0.05, 0) is 64.5 Å². The number of hydrogen-bond acceptors (Lipinski definition) is 5. The number of nitrogens with zero attached hydrogens (tertiary/aromatic N) is 2. The van der Waals surface area contributed by atoms with Gasteiger partial charge < -0.3 is 0 Å². The van der Waals surface area contributed by atoms with Gasteiger partial charge in [-0.2, -0.15) is 0 Å². The van der Waals surface area contributed by atoms with E-state index in [4.69, 9.17) is 0 Å². The predicted octanol–water partition coefficient (Wildman–Crippen LogP) is 4.70. The molecule has 1 atom stereocenters. The van der Waals surface area contributed by atoms with Gasteiger partial charge in [-0.3, -0.25) is 4.79 Å². The van der Waals surface area contributed by atoms with E-state index in [2.05, 4.69) is 10.4 Å². The van der Waals surface area contributed by atoms with E-state index in [0.29, 0.717) is 24.1 Å². The van der Waals surface area contributed by atoms with Gasteiger partial charge in [-0.1, -0.05) is 18.2 Å². The van der Waals surface area contributed by atoms with Crippen LogP contribution in [0.3, 0.4) is 0 Å².